The van der Waals surface area contributed by atoms with Crippen LogP contribution in [0.25, 0.3) is 6.08 Å². The van der Waals surface area contributed by atoms with Crippen LogP contribution in [0.4, 0.5) is 0 Å². The molecule has 0 aromatic carbocycles. The first kappa shape index (κ1) is 13.8. The standard InChI is InChI=1S/C14H21N3O2/c1-10-13(11(2)17(3)16-10)6-7-14(18)15-9-12-5-4-8-19-12/h6-7,12H,4-5,8-9H2,1-3H3,(H,15,18)/b7-6+. The van der Waals surface area contributed by atoms with Gasteiger partial charge in [-0.15, -0.1) is 0 Å². The van der Waals surface area contributed by atoms with E-state index in [2.05, 4.69) is 10.4 Å². The molecule has 1 aromatic rings. The first-order valence-electron chi connectivity index (χ1n) is 6.65. The number of nitrogens with zero attached hydrogens (tertiary/aromatic N) is 2. The zero-order valence-corrected chi connectivity index (χ0v) is 11.8. The summed E-state index contributed by atoms with van der Waals surface area (Å²) >= 11 is 0. The maximum atomic E-state index is 11.7. The lowest BCUT2D eigenvalue weighted by Crippen LogP contribution is -2.30. The van der Waals surface area contributed by atoms with Gasteiger partial charge >= 0.3 is 0 Å². The summed E-state index contributed by atoms with van der Waals surface area (Å²) in [5, 5.41) is 7.17. The fourth-order valence-electron chi connectivity index (χ4n) is 2.27. The molecule has 2 heterocycles. The van der Waals surface area contributed by atoms with Crippen molar-refractivity contribution in [1.82, 2.24) is 15.1 Å². The highest BCUT2D eigenvalue weighted by molar-refractivity contribution is 5.92. The van der Waals surface area contributed by atoms with Crippen LogP contribution in [0, 0.1) is 13.8 Å². The molecule has 1 atom stereocenters. The first-order valence-corrected chi connectivity index (χ1v) is 6.65. The zero-order chi connectivity index (χ0) is 13.8. The highest BCUT2D eigenvalue weighted by atomic mass is 16.5. The van der Waals surface area contributed by atoms with E-state index in [0.717, 1.165) is 36.4 Å². The van der Waals surface area contributed by atoms with Gasteiger partial charge in [0.1, 0.15) is 0 Å². The average Bonchev–Trinajstić information content (AvgIpc) is 2.96. The second-order valence-electron chi connectivity index (χ2n) is 4.92. The summed E-state index contributed by atoms with van der Waals surface area (Å²) in [7, 11) is 1.90. The molecule has 1 amide bonds. The Kier molecular flexibility index (Phi) is 4.37. The van der Waals surface area contributed by atoms with Crippen molar-refractivity contribution in [3.63, 3.8) is 0 Å². The maximum absolute atomic E-state index is 11.7. The van der Waals surface area contributed by atoms with Crippen LogP contribution in [-0.4, -0.2) is 34.9 Å². The minimum Gasteiger partial charge on any atom is -0.376 e. The molecule has 0 spiro atoms. The molecule has 1 fully saturated rings. The maximum Gasteiger partial charge on any atom is 0.244 e. The Balaban J connectivity index is 1.88. The van der Waals surface area contributed by atoms with Gasteiger partial charge in [-0.05, 0) is 32.8 Å². The van der Waals surface area contributed by atoms with Gasteiger partial charge in [-0.1, -0.05) is 0 Å². The monoisotopic (exact) mass is 263 g/mol. The van der Waals surface area contributed by atoms with E-state index in [-0.39, 0.29) is 12.0 Å². The largest absolute Gasteiger partial charge is 0.376 e. The Hall–Kier alpha value is -1.62. The quantitative estimate of drug-likeness (QED) is 0.834. The summed E-state index contributed by atoms with van der Waals surface area (Å²) in [6, 6.07) is 0. The summed E-state index contributed by atoms with van der Waals surface area (Å²) in [4.78, 5) is 11.7. The van der Waals surface area contributed by atoms with Crippen LogP contribution >= 0.6 is 0 Å². The lowest BCUT2D eigenvalue weighted by Gasteiger charge is -2.08. The molecule has 1 N–H and O–H groups in total. The van der Waals surface area contributed by atoms with Crippen molar-refractivity contribution in [2.75, 3.05) is 13.2 Å². The van der Waals surface area contributed by atoms with Gasteiger partial charge < -0.3 is 10.1 Å². The predicted octanol–water partition coefficient (Wildman–Crippen LogP) is 1.35. The van der Waals surface area contributed by atoms with Crippen LogP contribution in [0.5, 0.6) is 0 Å². The van der Waals surface area contributed by atoms with Crippen LogP contribution in [-0.2, 0) is 16.6 Å². The Morgan fingerprint density at radius 1 is 1.58 bits per heavy atom. The number of ether oxygens (including phenoxy) is 1. The molecule has 19 heavy (non-hydrogen) atoms. The molecule has 1 unspecified atom stereocenters. The predicted molar refractivity (Wildman–Crippen MR) is 73.7 cm³/mol. The van der Waals surface area contributed by atoms with E-state index < -0.39 is 0 Å². The fraction of sp³-hybridized carbons (Fsp3) is 0.571. The molecular formula is C14H21N3O2. The Bertz CT molecular complexity index is 485. The Labute approximate surface area is 113 Å². The summed E-state index contributed by atoms with van der Waals surface area (Å²) < 4.78 is 7.27. The molecular weight excluding hydrogens is 242 g/mol. The van der Waals surface area contributed by atoms with Gasteiger partial charge in [-0.2, -0.15) is 5.10 Å². The number of carbonyl (C=O) groups is 1. The van der Waals surface area contributed by atoms with Crippen molar-refractivity contribution >= 4 is 12.0 Å². The molecule has 1 aromatic heterocycles. The molecule has 0 aliphatic carbocycles. The van der Waals surface area contributed by atoms with Crippen molar-refractivity contribution in [3.05, 3.63) is 23.0 Å². The second-order valence-corrected chi connectivity index (χ2v) is 4.92. The molecule has 5 nitrogen and oxygen atoms in total. The third-order valence-electron chi connectivity index (χ3n) is 3.49. The van der Waals surface area contributed by atoms with E-state index in [9.17, 15) is 4.79 Å². The number of hydrogen-bond acceptors (Lipinski definition) is 3. The van der Waals surface area contributed by atoms with E-state index in [0.29, 0.717) is 6.54 Å². The molecule has 0 radical (unpaired) electrons. The SMILES string of the molecule is Cc1nn(C)c(C)c1/C=C/C(=O)NCC1CCCO1. The highest BCUT2D eigenvalue weighted by Crippen LogP contribution is 2.13. The molecule has 5 heteroatoms. The highest BCUT2D eigenvalue weighted by Gasteiger charge is 2.15. The van der Waals surface area contributed by atoms with Crippen molar-refractivity contribution in [3.8, 4) is 0 Å². The zero-order valence-electron chi connectivity index (χ0n) is 11.8. The third kappa shape index (κ3) is 3.44. The lowest BCUT2D eigenvalue weighted by atomic mass is 10.2. The van der Waals surface area contributed by atoms with Crippen LogP contribution < -0.4 is 5.32 Å². The number of nitrogens with one attached hydrogen (secondary N) is 1. The Morgan fingerprint density at radius 3 is 2.95 bits per heavy atom. The topological polar surface area (TPSA) is 56.2 Å². The molecule has 0 bridgehead atoms. The first-order chi connectivity index (χ1) is 9.08. The summed E-state index contributed by atoms with van der Waals surface area (Å²) in [5.41, 5.74) is 3.00. The summed E-state index contributed by atoms with van der Waals surface area (Å²) in [5.74, 6) is -0.0850. The average molecular weight is 263 g/mol. The third-order valence-corrected chi connectivity index (χ3v) is 3.49. The number of hydrogen-bond donors (Lipinski definition) is 1. The fourth-order valence-corrected chi connectivity index (χ4v) is 2.27. The Morgan fingerprint density at radius 2 is 2.37 bits per heavy atom. The van der Waals surface area contributed by atoms with Crippen LogP contribution in [0.1, 0.15) is 29.8 Å². The van der Waals surface area contributed by atoms with Crippen LogP contribution in [0.2, 0.25) is 0 Å². The minimum atomic E-state index is -0.0850. The summed E-state index contributed by atoms with van der Waals surface area (Å²) in [6.07, 6.45) is 5.68. The molecule has 0 saturated carbocycles. The number of aromatic nitrogens is 2. The normalized spacial score (nSPS) is 19.2. The van der Waals surface area contributed by atoms with Crippen molar-refractivity contribution in [2.24, 2.45) is 7.05 Å². The van der Waals surface area contributed by atoms with Gasteiger partial charge in [0.05, 0.1) is 11.8 Å². The van der Waals surface area contributed by atoms with Crippen molar-refractivity contribution in [2.45, 2.75) is 32.8 Å². The number of rotatable bonds is 4. The molecule has 104 valence electrons. The van der Waals surface area contributed by atoms with Crippen molar-refractivity contribution < 1.29 is 9.53 Å². The van der Waals surface area contributed by atoms with E-state index >= 15 is 0 Å². The second kappa shape index (κ2) is 6.02. The molecule has 2 rings (SSSR count). The summed E-state index contributed by atoms with van der Waals surface area (Å²) in [6.45, 7) is 5.33. The van der Waals surface area contributed by atoms with Gasteiger partial charge in [-0.3, -0.25) is 9.48 Å². The van der Waals surface area contributed by atoms with Gasteiger partial charge in [0, 0.05) is 37.5 Å². The molecule has 1 aliphatic heterocycles. The smallest absolute Gasteiger partial charge is 0.244 e. The van der Waals surface area contributed by atoms with E-state index in [1.165, 1.54) is 0 Å². The number of carbonyl (C=O) groups excluding carboxylic acids is 1. The van der Waals surface area contributed by atoms with E-state index in [4.69, 9.17) is 4.74 Å². The number of amides is 1. The molecule has 1 aliphatic rings. The van der Waals surface area contributed by atoms with E-state index in [1.807, 2.05) is 31.7 Å². The van der Waals surface area contributed by atoms with E-state index in [1.54, 1.807) is 6.08 Å². The minimum absolute atomic E-state index is 0.0850. The molecule has 1 saturated heterocycles. The van der Waals surface area contributed by atoms with Gasteiger partial charge in [0.25, 0.3) is 0 Å². The van der Waals surface area contributed by atoms with Gasteiger partial charge in [0.15, 0.2) is 0 Å². The van der Waals surface area contributed by atoms with Crippen molar-refractivity contribution in [1.29, 1.82) is 0 Å². The number of aryl methyl sites for hydroxylation is 2. The van der Waals surface area contributed by atoms with Gasteiger partial charge in [0.2, 0.25) is 5.91 Å². The lowest BCUT2D eigenvalue weighted by molar-refractivity contribution is -0.116. The van der Waals surface area contributed by atoms with Gasteiger partial charge in [-0.25, -0.2) is 0 Å². The van der Waals surface area contributed by atoms with Crippen LogP contribution in [0.3, 0.4) is 0 Å². The van der Waals surface area contributed by atoms with Crippen LogP contribution in [0.15, 0.2) is 6.08 Å².